The van der Waals surface area contributed by atoms with Crippen molar-refractivity contribution in [1.29, 1.82) is 0 Å². The molecular weight excluding hydrogens is 385 g/mol. The van der Waals surface area contributed by atoms with Crippen LogP contribution in [0, 0.1) is 6.92 Å². The summed E-state index contributed by atoms with van der Waals surface area (Å²) in [6.07, 6.45) is 0. The molecule has 0 fully saturated rings. The van der Waals surface area contributed by atoms with Gasteiger partial charge in [0, 0.05) is 25.2 Å². The number of nitrogens with one attached hydrogen (secondary N) is 2. The van der Waals surface area contributed by atoms with Crippen molar-refractivity contribution in [1.82, 2.24) is 25.4 Å². The number of halogens is 2. The molecule has 27 heavy (non-hydrogen) atoms. The molecule has 0 spiro atoms. The van der Waals surface area contributed by atoms with Gasteiger partial charge in [-0.05, 0) is 27.0 Å². The molecule has 8 heteroatoms. The van der Waals surface area contributed by atoms with E-state index in [2.05, 4.69) is 15.7 Å². The van der Waals surface area contributed by atoms with Gasteiger partial charge in [0.25, 0.3) is 5.91 Å². The van der Waals surface area contributed by atoms with Crippen molar-refractivity contribution in [2.75, 3.05) is 13.6 Å². The van der Waals surface area contributed by atoms with Gasteiger partial charge in [0.15, 0.2) is 5.65 Å². The highest BCUT2D eigenvalue weighted by Crippen LogP contribution is 2.26. The van der Waals surface area contributed by atoms with Crippen molar-refractivity contribution in [3.05, 3.63) is 47.7 Å². The largest absolute Gasteiger partial charge is 0.350 e. The lowest BCUT2D eigenvalue weighted by Gasteiger charge is -2.13. The Kier molecular flexibility index (Phi) is 8.21. The zero-order valence-corrected chi connectivity index (χ0v) is 17.4. The average Bonchev–Trinajstić information content (AvgIpc) is 2.93. The minimum Gasteiger partial charge on any atom is -0.350 e. The molecular formula is C19H25Cl2N5O. The van der Waals surface area contributed by atoms with E-state index in [4.69, 9.17) is 4.98 Å². The number of benzene rings is 1. The fraction of sp³-hybridized carbons (Fsp3) is 0.316. The van der Waals surface area contributed by atoms with E-state index >= 15 is 0 Å². The Morgan fingerprint density at radius 3 is 2.52 bits per heavy atom. The number of nitrogens with zero attached hydrogens (tertiary/aromatic N) is 3. The molecule has 2 heterocycles. The van der Waals surface area contributed by atoms with Crippen LogP contribution in [0.3, 0.4) is 0 Å². The second-order valence-corrected chi connectivity index (χ2v) is 6.23. The topological polar surface area (TPSA) is 71.8 Å². The number of hydrogen-bond donors (Lipinski definition) is 2. The molecule has 1 amide bonds. The van der Waals surface area contributed by atoms with Crippen molar-refractivity contribution in [2.24, 2.45) is 7.05 Å². The van der Waals surface area contributed by atoms with Gasteiger partial charge in [0.2, 0.25) is 0 Å². The van der Waals surface area contributed by atoms with Crippen molar-refractivity contribution >= 4 is 41.8 Å². The Balaban J connectivity index is 0.00000182. The molecule has 0 saturated carbocycles. The molecule has 0 aliphatic carbocycles. The maximum Gasteiger partial charge on any atom is 0.252 e. The molecule has 0 radical (unpaired) electrons. The summed E-state index contributed by atoms with van der Waals surface area (Å²) in [7, 11) is 3.72. The molecule has 3 aromatic rings. The standard InChI is InChI=1S/C19H23N5O.2ClH/c1-12(20-3)11-21-19(25)15-10-16(14-8-6-5-7-9-14)22-18-17(15)13(2)23-24(18)4;;/h5-10,12,20H,11H2,1-4H3,(H,21,25);2*1H. The van der Waals surface area contributed by atoms with Gasteiger partial charge in [0.05, 0.1) is 22.3 Å². The molecule has 2 N–H and O–H groups in total. The minimum absolute atomic E-state index is 0. The van der Waals surface area contributed by atoms with E-state index in [0.717, 1.165) is 22.3 Å². The number of carbonyl (C=O) groups is 1. The first-order chi connectivity index (χ1) is 12.0. The number of rotatable bonds is 5. The van der Waals surface area contributed by atoms with Crippen LogP contribution in [-0.2, 0) is 7.05 Å². The number of likely N-dealkylation sites (N-methyl/N-ethyl adjacent to an activating group) is 1. The van der Waals surface area contributed by atoms with Gasteiger partial charge in [-0.1, -0.05) is 30.3 Å². The van der Waals surface area contributed by atoms with Gasteiger partial charge in [-0.3, -0.25) is 9.48 Å². The van der Waals surface area contributed by atoms with Crippen LogP contribution in [0.15, 0.2) is 36.4 Å². The van der Waals surface area contributed by atoms with Gasteiger partial charge in [-0.2, -0.15) is 5.10 Å². The van der Waals surface area contributed by atoms with Crippen LogP contribution in [-0.4, -0.2) is 40.3 Å². The highest BCUT2D eigenvalue weighted by Gasteiger charge is 2.19. The number of carbonyl (C=O) groups excluding carboxylic acids is 1. The Labute approximate surface area is 171 Å². The minimum atomic E-state index is -0.109. The van der Waals surface area contributed by atoms with Gasteiger partial charge in [0.1, 0.15) is 0 Å². The number of hydrogen-bond acceptors (Lipinski definition) is 4. The van der Waals surface area contributed by atoms with Crippen molar-refractivity contribution < 1.29 is 4.79 Å². The summed E-state index contributed by atoms with van der Waals surface area (Å²) in [5.74, 6) is -0.109. The van der Waals surface area contributed by atoms with Crippen LogP contribution in [0.25, 0.3) is 22.3 Å². The van der Waals surface area contributed by atoms with Crippen molar-refractivity contribution in [3.63, 3.8) is 0 Å². The number of aryl methyl sites for hydroxylation is 2. The second-order valence-electron chi connectivity index (χ2n) is 6.23. The van der Waals surface area contributed by atoms with Gasteiger partial charge in [-0.25, -0.2) is 4.98 Å². The summed E-state index contributed by atoms with van der Waals surface area (Å²) in [5, 5.41) is 11.4. The number of amides is 1. The molecule has 1 aromatic carbocycles. The van der Waals surface area contributed by atoms with Crippen molar-refractivity contribution in [2.45, 2.75) is 19.9 Å². The van der Waals surface area contributed by atoms with E-state index in [0.29, 0.717) is 17.8 Å². The third-order valence-corrected chi connectivity index (χ3v) is 4.34. The molecule has 0 bridgehead atoms. The lowest BCUT2D eigenvalue weighted by molar-refractivity contribution is 0.0952. The zero-order valence-electron chi connectivity index (χ0n) is 15.8. The maximum atomic E-state index is 12.8. The summed E-state index contributed by atoms with van der Waals surface area (Å²) < 4.78 is 1.73. The molecule has 3 rings (SSSR count). The average molecular weight is 410 g/mol. The van der Waals surface area contributed by atoms with E-state index in [9.17, 15) is 4.79 Å². The normalized spacial score (nSPS) is 11.4. The third kappa shape index (κ3) is 4.77. The van der Waals surface area contributed by atoms with E-state index in [1.807, 2.05) is 64.3 Å². The third-order valence-electron chi connectivity index (χ3n) is 4.34. The van der Waals surface area contributed by atoms with Crippen LogP contribution in [0.4, 0.5) is 0 Å². The Morgan fingerprint density at radius 1 is 1.22 bits per heavy atom. The number of aromatic nitrogens is 3. The second kappa shape index (κ2) is 9.69. The zero-order chi connectivity index (χ0) is 18.0. The summed E-state index contributed by atoms with van der Waals surface area (Å²) in [4.78, 5) is 17.5. The molecule has 1 unspecified atom stereocenters. The van der Waals surface area contributed by atoms with Crippen LogP contribution in [0.1, 0.15) is 23.0 Å². The summed E-state index contributed by atoms with van der Waals surface area (Å²) in [5.41, 5.74) is 3.86. The molecule has 146 valence electrons. The van der Waals surface area contributed by atoms with E-state index in [1.165, 1.54) is 0 Å². The smallest absolute Gasteiger partial charge is 0.252 e. The molecule has 0 aliphatic rings. The highest BCUT2D eigenvalue weighted by atomic mass is 35.5. The van der Waals surface area contributed by atoms with Crippen LogP contribution in [0.5, 0.6) is 0 Å². The fourth-order valence-corrected chi connectivity index (χ4v) is 2.82. The van der Waals surface area contributed by atoms with E-state index in [1.54, 1.807) is 4.68 Å². The van der Waals surface area contributed by atoms with Crippen molar-refractivity contribution in [3.8, 4) is 11.3 Å². The Morgan fingerprint density at radius 2 is 1.89 bits per heavy atom. The van der Waals surface area contributed by atoms with Crippen LogP contribution < -0.4 is 10.6 Å². The predicted octanol–water partition coefficient (Wildman–Crippen LogP) is 3.13. The molecule has 2 aromatic heterocycles. The quantitative estimate of drug-likeness (QED) is 0.678. The molecule has 0 aliphatic heterocycles. The lowest BCUT2D eigenvalue weighted by atomic mass is 10.0. The number of fused-ring (bicyclic) bond motifs is 1. The molecule has 6 nitrogen and oxygen atoms in total. The van der Waals surface area contributed by atoms with Crippen LogP contribution >= 0.6 is 24.8 Å². The first-order valence-electron chi connectivity index (χ1n) is 8.36. The fourth-order valence-electron chi connectivity index (χ4n) is 2.82. The van der Waals surface area contributed by atoms with Gasteiger partial charge in [-0.15, -0.1) is 24.8 Å². The maximum absolute atomic E-state index is 12.8. The number of pyridine rings is 1. The van der Waals surface area contributed by atoms with Gasteiger partial charge >= 0.3 is 0 Å². The first-order valence-corrected chi connectivity index (χ1v) is 8.36. The summed E-state index contributed by atoms with van der Waals surface area (Å²) in [6.45, 7) is 4.48. The SMILES string of the molecule is CNC(C)CNC(=O)c1cc(-c2ccccc2)nc2c1c(C)nn2C.Cl.Cl. The van der Waals surface area contributed by atoms with E-state index in [-0.39, 0.29) is 36.8 Å². The summed E-state index contributed by atoms with van der Waals surface area (Å²) in [6, 6.07) is 11.9. The Hall–Kier alpha value is -2.15. The lowest BCUT2D eigenvalue weighted by Crippen LogP contribution is -2.37. The first kappa shape index (κ1) is 22.9. The van der Waals surface area contributed by atoms with Crippen LogP contribution in [0.2, 0.25) is 0 Å². The molecule has 0 saturated heterocycles. The predicted molar refractivity (Wildman–Crippen MR) is 114 cm³/mol. The van der Waals surface area contributed by atoms with E-state index < -0.39 is 0 Å². The highest BCUT2D eigenvalue weighted by molar-refractivity contribution is 6.07. The molecule has 1 atom stereocenters. The monoisotopic (exact) mass is 409 g/mol. The van der Waals surface area contributed by atoms with Gasteiger partial charge < -0.3 is 10.6 Å². The Bertz CT molecular complexity index is 911. The summed E-state index contributed by atoms with van der Waals surface area (Å²) >= 11 is 0.